The summed E-state index contributed by atoms with van der Waals surface area (Å²) < 4.78 is 6.66. The Balaban J connectivity index is 1.64. The molecule has 1 amide bonds. The van der Waals surface area contributed by atoms with Gasteiger partial charge in [-0.2, -0.15) is 0 Å². The third-order valence-electron chi connectivity index (χ3n) is 9.54. The molecule has 0 radical (unpaired) electrons. The number of fused-ring (bicyclic) bond motifs is 1. The van der Waals surface area contributed by atoms with Gasteiger partial charge in [-0.3, -0.25) is 14.4 Å². The molecular formula is C30H37NO7. The first kappa shape index (κ1) is 26.8. The number of rotatable bonds is 2. The summed E-state index contributed by atoms with van der Waals surface area (Å²) >= 11 is 0. The lowest BCUT2D eigenvalue weighted by atomic mass is 9.50. The number of nitrogens with one attached hydrogen (secondary N) is 1. The van der Waals surface area contributed by atoms with Crippen LogP contribution in [0.4, 0.5) is 0 Å². The van der Waals surface area contributed by atoms with Gasteiger partial charge in [-0.05, 0) is 61.8 Å². The lowest BCUT2D eigenvalue weighted by molar-refractivity contribution is -0.191. The fraction of sp³-hybridized carbons (Fsp3) is 0.567. The van der Waals surface area contributed by atoms with E-state index in [4.69, 9.17) is 4.74 Å². The summed E-state index contributed by atoms with van der Waals surface area (Å²) in [7, 11) is 0. The zero-order valence-corrected chi connectivity index (χ0v) is 22.3. The zero-order chi connectivity index (χ0) is 27.6. The minimum absolute atomic E-state index is 0.0241. The van der Waals surface area contributed by atoms with Gasteiger partial charge in [0.05, 0.1) is 11.7 Å². The van der Waals surface area contributed by atoms with Crippen molar-refractivity contribution in [2.75, 3.05) is 0 Å². The topological polar surface area (TPSA) is 133 Å². The van der Waals surface area contributed by atoms with Crippen LogP contribution in [0.15, 0.2) is 48.1 Å². The van der Waals surface area contributed by atoms with Gasteiger partial charge >= 0.3 is 0 Å². The molecule has 1 aromatic carbocycles. The van der Waals surface area contributed by atoms with Crippen molar-refractivity contribution in [3.8, 4) is 5.75 Å². The molecule has 3 fully saturated rings. The predicted octanol–water partition coefficient (Wildman–Crippen LogP) is 2.60. The predicted molar refractivity (Wildman–Crippen MR) is 139 cm³/mol. The largest absolute Gasteiger partial charge is 0.508 e. The number of benzene rings is 1. The van der Waals surface area contributed by atoms with Gasteiger partial charge in [-0.25, -0.2) is 0 Å². The Hall–Kier alpha value is -2.81. The maximum atomic E-state index is 14.2. The van der Waals surface area contributed by atoms with Crippen molar-refractivity contribution < 1.29 is 34.4 Å². The normalized spacial score (nSPS) is 43.0. The molecular weight excluding hydrogens is 486 g/mol. The lowest BCUT2D eigenvalue weighted by Gasteiger charge is -2.50. The van der Waals surface area contributed by atoms with E-state index in [1.807, 2.05) is 32.9 Å². The van der Waals surface area contributed by atoms with E-state index in [9.17, 15) is 29.7 Å². The van der Waals surface area contributed by atoms with E-state index in [-0.39, 0.29) is 36.8 Å². The van der Waals surface area contributed by atoms with Gasteiger partial charge in [0.1, 0.15) is 28.8 Å². The van der Waals surface area contributed by atoms with Crippen molar-refractivity contribution in [1.82, 2.24) is 5.32 Å². The average molecular weight is 524 g/mol. The van der Waals surface area contributed by atoms with Crippen LogP contribution in [-0.2, 0) is 25.5 Å². The molecule has 1 aromatic rings. The quantitative estimate of drug-likeness (QED) is 0.346. The number of ether oxygens (including phenoxy) is 1. The molecule has 8 heteroatoms. The van der Waals surface area contributed by atoms with Crippen molar-refractivity contribution >= 4 is 17.5 Å². The summed E-state index contributed by atoms with van der Waals surface area (Å²) in [4.78, 5) is 41.0. The molecule has 38 heavy (non-hydrogen) atoms. The van der Waals surface area contributed by atoms with Gasteiger partial charge < -0.3 is 25.4 Å². The van der Waals surface area contributed by atoms with E-state index in [1.54, 1.807) is 37.3 Å². The van der Waals surface area contributed by atoms with Gasteiger partial charge in [-0.1, -0.05) is 44.2 Å². The standard InChI is InChI=1S/C30H37NO7/c1-16-6-5-7-21-26(36)28(4)18(3)25-29(38-28,15-19-8-10-20(32)11-9-19)31-27(37)30(21,25)23(34)13-12-22(33)24(35)17(2)14-16/h5,7-11,14,16,18,21-22,25-26,32-33,36H,6,12-13,15H2,1-4H3,(H,31,37). The van der Waals surface area contributed by atoms with Gasteiger partial charge in [0.2, 0.25) is 5.91 Å². The van der Waals surface area contributed by atoms with Crippen LogP contribution < -0.4 is 5.32 Å². The highest BCUT2D eigenvalue weighted by Crippen LogP contribution is 2.67. The first-order valence-corrected chi connectivity index (χ1v) is 13.5. The van der Waals surface area contributed by atoms with Gasteiger partial charge in [0.25, 0.3) is 0 Å². The van der Waals surface area contributed by atoms with Crippen molar-refractivity contribution in [3.05, 3.63) is 53.6 Å². The molecule has 2 aliphatic carbocycles. The SMILES string of the molecule is CC1=CC(C)CC=CC2C(O)C3(C)OC4(Cc5ccc(O)cc5)NC(=O)C2(C(=O)CCC(O)C1=O)C4C3C. The molecule has 1 saturated carbocycles. The number of Topliss-reactive ketones (excluding diaryl/α,β-unsaturated/α-hetero) is 2. The number of hydrogen-bond acceptors (Lipinski definition) is 7. The number of ketones is 2. The summed E-state index contributed by atoms with van der Waals surface area (Å²) in [5.74, 6) is -3.02. The Kier molecular flexibility index (Phi) is 6.44. The zero-order valence-electron chi connectivity index (χ0n) is 22.3. The highest BCUT2D eigenvalue weighted by Gasteiger charge is 2.81. The van der Waals surface area contributed by atoms with Gasteiger partial charge in [-0.15, -0.1) is 0 Å². The Morgan fingerprint density at radius 3 is 2.47 bits per heavy atom. The second-order valence-corrected chi connectivity index (χ2v) is 11.9. The second kappa shape index (κ2) is 9.14. The van der Waals surface area contributed by atoms with Crippen molar-refractivity contribution in [2.45, 2.75) is 76.9 Å². The number of aliphatic hydroxyl groups is 2. The van der Waals surface area contributed by atoms with Crippen LogP contribution in [0.3, 0.4) is 0 Å². The summed E-state index contributed by atoms with van der Waals surface area (Å²) in [6, 6.07) is 6.62. The van der Waals surface area contributed by atoms with Crippen LogP contribution in [-0.4, -0.2) is 56.3 Å². The maximum absolute atomic E-state index is 14.2. The summed E-state index contributed by atoms with van der Waals surface area (Å²) in [6.07, 6.45) is 3.49. The number of hydrogen-bond donors (Lipinski definition) is 4. The Morgan fingerprint density at radius 2 is 1.79 bits per heavy atom. The molecule has 1 spiro atoms. The molecule has 9 unspecified atom stereocenters. The van der Waals surface area contributed by atoms with E-state index in [1.165, 1.54) is 0 Å². The number of aliphatic hydroxyl groups excluding tert-OH is 2. The van der Waals surface area contributed by atoms with Crippen molar-refractivity contribution in [2.24, 2.45) is 29.1 Å². The van der Waals surface area contributed by atoms with Crippen molar-refractivity contribution in [1.29, 1.82) is 0 Å². The van der Waals surface area contributed by atoms with E-state index in [2.05, 4.69) is 5.32 Å². The number of carbonyl (C=O) groups excluding carboxylic acids is 3. The van der Waals surface area contributed by atoms with Crippen LogP contribution in [0.5, 0.6) is 5.75 Å². The third-order valence-corrected chi connectivity index (χ3v) is 9.54. The Bertz CT molecular complexity index is 1220. The highest BCUT2D eigenvalue weighted by molar-refractivity contribution is 6.10. The number of aromatic hydroxyl groups is 1. The number of phenols is 1. The van der Waals surface area contributed by atoms with E-state index in [0.717, 1.165) is 5.56 Å². The van der Waals surface area contributed by atoms with E-state index in [0.29, 0.717) is 12.0 Å². The molecule has 0 aromatic heterocycles. The molecule has 2 bridgehead atoms. The smallest absolute Gasteiger partial charge is 0.237 e. The molecule has 4 N–H and O–H groups in total. The minimum atomic E-state index is -1.62. The van der Waals surface area contributed by atoms with Crippen LogP contribution in [0.1, 0.15) is 52.5 Å². The summed E-state index contributed by atoms with van der Waals surface area (Å²) in [5, 5.41) is 35.2. The second-order valence-electron chi connectivity index (χ2n) is 11.9. The summed E-state index contributed by atoms with van der Waals surface area (Å²) in [6.45, 7) is 7.37. The average Bonchev–Trinajstić information content (AvgIpc) is 3.21. The molecule has 2 aliphatic heterocycles. The Labute approximate surface area is 222 Å². The van der Waals surface area contributed by atoms with E-state index >= 15 is 0 Å². The fourth-order valence-corrected chi connectivity index (χ4v) is 7.62. The van der Waals surface area contributed by atoms with Crippen molar-refractivity contribution in [3.63, 3.8) is 0 Å². The molecule has 2 heterocycles. The molecule has 204 valence electrons. The Morgan fingerprint density at radius 1 is 1.11 bits per heavy atom. The van der Waals surface area contributed by atoms with E-state index < -0.39 is 58.3 Å². The van der Waals surface area contributed by atoms with Gasteiger partial charge in [0, 0.05) is 24.7 Å². The monoisotopic (exact) mass is 523 g/mol. The third kappa shape index (κ3) is 3.72. The molecule has 8 nitrogen and oxygen atoms in total. The maximum Gasteiger partial charge on any atom is 0.237 e. The number of allylic oxidation sites excluding steroid dienone is 2. The first-order valence-electron chi connectivity index (χ1n) is 13.5. The number of phenolic OH excluding ortho intramolecular Hbond substituents is 1. The van der Waals surface area contributed by atoms with Gasteiger partial charge in [0.15, 0.2) is 5.78 Å². The highest BCUT2D eigenvalue weighted by atomic mass is 16.6. The summed E-state index contributed by atoms with van der Waals surface area (Å²) in [5.41, 5.74) is -2.64. The van der Waals surface area contributed by atoms with Crippen LogP contribution in [0.2, 0.25) is 0 Å². The molecule has 9 atom stereocenters. The molecule has 2 saturated heterocycles. The molecule has 5 rings (SSSR count). The van der Waals surface area contributed by atoms with Crippen LogP contribution in [0.25, 0.3) is 0 Å². The van der Waals surface area contributed by atoms with Crippen LogP contribution in [0, 0.1) is 29.1 Å². The van der Waals surface area contributed by atoms with Crippen LogP contribution >= 0.6 is 0 Å². The first-order chi connectivity index (χ1) is 17.9. The number of carbonyl (C=O) groups is 3. The number of amides is 1. The fourth-order valence-electron chi connectivity index (χ4n) is 7.62. The molecule has 4 aliphatic rings. The lowest BCUT2D eigenvalue weighted by Crippen LogP contribution is -2.64. The minimum Gasteiger partial charge on any atom is -0.508 e.